The van der Waals surface area contributed by atoms with Gasteiger partial charge in [-0.25, -0.2) is 9.37 Å². The Labute approximate surface area is 120 Å². The number of nitrogens with one attached hydrogen (secondary N) is 1. The first kappa shape index (κ1) is 12.0. The summed E-state index contributed by atoms with van der Waals surface area (Å²) in [5.41, 5.74) is 1.99. The van der Waals surface area contributed by atoms with Crippen molar-refractivity contribution in [2.45, 2.75) is 0 Å². The van der Waals surface area contributed by atoms with Crippen LogP contribution in [0.4, 0.5) is 4.39 Å². The van der Waals surface area contributed by atoms with Crippen molar-refractivity contribution in [3.8, 4) is 34.0 Å². The van der Waals surface area contributed by atoms with Gasteiger partial charge in [0.05, 0.1) is 0 Å². The highest BCUT2D eigenvalue weighted by atomic mass is 19.1. The van der Waals surface area contributed by atoms with E-state index in [0.717, 1.165) is 5.56 Å². The molecule has 0 saturated carbocycles. The first-order chi connectivity index (χ1) is 10.3. The number of benzene rings is 2. The normalized spacial score (nSPS) is 12.6. The molecule has 1 N–H and O–H groups in total. The topological polar surface area (TPSA) is 47.1 Å². The number of rotatable bonds is 2. The molecule has 4 nitrogen and oxygen atoms in total. The van der Waals surface area contributed by atoms with Crippen molar-refractivity contribution in [1.82, 2.24) is 9.97 Å². The Morgan fingerprint density at radius 1 is 1.00 bits per heavy atom. The number of ether oxygens (including phenoxy) is 2. The molecule has 0 unspecified atom stereocenters. The van der Waals surface area contributed by atoms with Crippen molar-refractivity contribution in [3.05, 3.63) is 54.6 Å². The molecule has 0 aliphatic carbocycles. The molecular weight excluding hydrogens is 271 g/mol. The highest BCUT2D eigenvalue weighted by Gasteiger charge is 2.21. The zero-order valence-corrected chi connectivity index (χ0v) is 11.0. The molecule has 5 heteroatoms. The molecule has 104 valence electrons. The van der Waals surface area contributed by atoms with Gasteiger partial charge in [0.2, 0.25) is 6.79 Å². The van der Waals surface area contributed by atoms with Crippen LogP contribution in [0.3, 0.4) is 0 Å². The molecular formula is C16H11FN2O2. The molecule has 0 spiro atoms. The maximum atomic E-state index is 14.1. The Kier molecular flexibility index (Phi) is 2.64. The summed E-state index contributed by atoms with van der Waals surface area (Å²) in [6.07, 6.45) is 3.39. The van der Waals surface area contributed by atoms with Crippen LogP contribution in [0.15, 0.2) is 48.8 Å². The third-order valence-corrected chi connectivity index (χ3v) is 3.43. The predicted octanol–water partition coefficient (Wildman–Crippen LogP) is 3.61. The van der Waals surface area contributed by atoms with Crippen LogP contribution in [0, 0.1) is 5.82 Å². The second-order valence-corrected chi connectivity index (χ2v) is 4.67. The van der Waals surface area contributed by atoms with Gasteiger partial charge < -0.3 is 14.5 Å². The van der Waals surface area contributed by atoms with Crippen LogP contribution in [-0.2, 0) is 0 Å². The largest absolute Gasteiger partial charge is 0.454 e. The van der Waals surface area contributed by atoms with Crippen LogP contribution in [0.25, 0.3) is 22.5 Å². The van der Waals surface area contributed by atoms with Crippen molar-refractivity contribution >= 4 is 0 Å². The van der Waals surface area contributed by atoms with Gasteiger partial charge in [-0.3, -0.25) is 0 Å². The number of aromatic amines is 1. The minimum absolute atomic E-state index is 0.174. The van der Waals surface area contributed by atoms with Crippen LogP contribution in [-0.4, -0.2) is 16.8 Å². The molecule has 0 amide bonds. The number of hydrogen-bond donors (Lipinski definition) is 1. The first-order valence-electron chi connectivity index (χ1n) is 6.51. The standard InChI is InChI=1S/C16H11FN2O2/c17-13-4-2-1-3-10(13)11-7-14-15(21-9-20-14)8-12(11)16-18-5-6-19-16/h1-8H,9H2,(H,18,19). The first-order valence-corrected chi connectivity index (χ1v) is 6.51. The molecule has 4 rings (SSSR count). The van der Waals surface area contributed by atoms with Gasteiger partial charge in [0.25, 0.3) is 0 Å². The van der Waals surface area contributed by atoms with Gasteiger partial charge in [-0.15, -0.1) is 0 Å². The molecule has 1 aliphatic rings. The Bertz CT molecular complexity index is 800. The minimum Gasteiger partial charge on any atom is -0.454 e. The Hall–Kier alpha value is -2.82. The van der Waals surface area contributed by atoms with E-state index in [1.54, 1.807) is 36.7 Å². The summed E-state index contributed by atoms with van der Waals surface area (Å²) in [4.78, 5) is 7.30. The number of fused-ring (bicyclic) bond motifs is 1. The van der Waals surface area contributed by atoms with Crippen molar-refractivity contribution in [1.29, 1.82) is 0 Å². The fourth-order valence-electron chi connectivity index (χ4n) is 2.45. The van der Waals surface area contributed by atoms with E-state index in [0.29, 0.717) is 28.5 Å². The minimum atomic E-state index is -0.288. The van der Waals surface area contributed by atoms with Gasteiger partial charge in [0.15, 0.2) is 11.5 Å². The third kappa shape index (κ3) is 1.94. The fraction of sp³-hybridized carbons (Fsp3) is 0.0625. The van der Waals surface area contributed by atoms with Gasteiger partial charge >= 0.3 is 0 Å². The average Bonchev–Trinajstić information content (AvgIpc) is 3.17. The molecule has 21 heavy (non-hydrogen) atoms. The lowest BCUT2D eigenvalue weighted by molar-refractivity contribution is 0.174. The van der Waals surface area contributed by atoms with E-state index in [1.807, 2.05) is 6.07 Å². The molecule has 2 heterocycles. The summed E-state index contributed by atoms with van der Waals surface area (Å²) in [6, 6.07) is 10.2. The van der Waals surface area contributed by atoms with Gasteiger partial charge in [0.1, 0.15) is 11.6 Å². The van der Waals surface area contributed by atoms with Gasteiger partial charge in [0, 0.05) is 23.5 Å². The molecule has 1 aromatic heterocycles. The van der Waals surface area contributed by atoms with Crippen LogP contribution in [0.5, 0.6) is 11.5 Å². The lowest BCUT2D eigenvalue weighted by atomic mass is 9.98. The maximum Gasteiger partial charge on any atom is 0.231 e. The SMILES string of the molecule is Fc1ccccc1-c1cc2c(cc1-c1ncc[nH]1)OCO2. The Balaban J connectivity index is 1.99. The van der Waals surface area contributed by atoms with Crippen molar-refractivity contribution in [3.63, 3.8) is 0 Å². The van der Waals surface area contributed by atoms with E-state index in [-0.39, 0.29) is 12.6 Å². The van der Waals surface area contributed by atoms with E-state index in [2.05, 4.69) is 9.97 Å². The summed E-state index contributed by atoms with van der Waals surface area (Å²) < 4.78 is 24.9. The zero-order valence-electron chi connectivity index (χ0n) is 11.0. The van der Waals surface area contributed by atoms with Crippen LogP contribution in [0.2, 0.25) is 0 Å². The lowest BCUT2D eigenvalue weighted by Crippen LogP contribution is -1.92. The molecule has 0 saturated heterocycles. The maximum absolute atomic E-state index is 14.1. The van der Waals surface area contributed by atoms with Gasteiger partial charge in [-0.2, -0.15) is 0 Å². The summed E-state index contributed by atoms with van der Waals surface area (Å²) in [5, 5.41) is 0. The number of aromatic nitrogens is 2. The molecule has 0 bridgehead atoms. The Morgan fingerprint density at radius 2 is 1.76 bits per heavy atom. The summed E-state index contributed by atoms with van der Waals surface area (Å²) in [6.45, 7) is 0.174. The summed E-state index contributed by atoms with van der Waals surface area (Å²) in [7, 11) is 0. The molecule has 2 aromatic carbocycles. The van der Waals surface area contributed by atoms with E-state index < -0.39 is 0 Å². The monoisotopic (exact) mass is 282 g/mol. The number of imidazole rings is 1. The third-order valence-electron chi connectivity index (χ3n) is 3.43. The fourth-order valence-corrected chi connectivity index (χ4v) is 2.45. The number of H-pyrrole nitrogens is 1. The van der Waals surface area contributed by atoms with Crippen molar-refractivity contribution < 1.29 is 13.9 Å². The van der Waals surface area contributed by atoms with Gasteiger partial charge in [-0.05, 0) is 23.8 Å². The Morgan fingerprint density at radius 3 is 2.48 bits per heavy atom. The predicted molar refractivity (Wildman–Crippen MR) is 75.5 cm³/mol. The second kappa shape index (κ2) is 4.63. The van der Waals surface area contributed by atoms with Crippen LogP contribution >= 0.6 is 0 Å². The summed E-state index contributed by atoms with van der Waals surface area (Å²) in [5.74, 6) is 1.63. The number of hydrogen-bond acceptors (Lipinski definition) is 3. The van der Waals surface area contributed by atoms with Crippen molar-refractivity contribution in [2.75, 3.05) is 6.79 Å². The average molecular weight is 282 g/mol. The second-order valence-electron chi connectivity index (χ2n) is 4.67. The van der Waals surface area contributed by atoms with Gasteiger partial charge in [-0.1, -0.05) is 18.2 Å². The number of nitrogens with zero attached hydrogens (tertiary/aromatic N) is 1. The smallest absolute Gasteiger partial charge is 0.231 e. The van der Waals surface area contributed by atoms with E-state index in [9.17, 15) is 4.39 Å². The molecule has 3 aromatic rings. The highest BCUT2D eigenvalue weighted by Crippen LogP contribution is 2.42. The van der Waals surface area contributed by atoms with E-state index in [1.165, 1.54) is 6.07 Å². The molecule has 0 atom stereocenters. The van der Waals surface area contributed by atoms with E-state index >= 15 is 0 Å². The van der Waals surface area contributed by atoms with Crippen molar-refractivity contribution in [2.24, 2.45) is 0 Å². The lowest BCUT2D eigenvalue weighted by Gasteiger charge is -2.10. The van der Waals surface area contributed by atoms with E-state index in [4.69, 9.17) is 9.47 Å². The molecule has 1 aliphatic heterocycles. The van der Waals surface area contributed by atoms with Crippen LogP contribution in [0.1, 0.15) is 0 Å². The number of halogens is 1. The molecule has 0 fully saturated rings. The zero-order chi connectivity index (χ0) is 14.2. The quantitative estimate of drug-likeness (QED) is 0.781. The highest BCUT2D eigenvalue weighted by molar-refractivity contribution is 5.84. The summed E-state index contributed by atoms with van der Waals surface area (Å²) >= 11 is 0. The van der Waals surface area contributed by atoms with Crippen LogP contribution < -0.4 is 9.47 Å². The molecule has 0 radical (unpaired) electrons.